The van der Waals surface area contributed by atoms with Crippen LogP contribution in [0.5, 0.6) is 17.2 Å². The lowest BCUT2D eigenvalue weighted by Gasteiger charge is -2.15. The van der Waals surface area contributed by atoms with Crippen LogP contribution in [0.4, 0.5) is 4.39 Å². The van der Waals surface area contributed by atoms with Gasteiger partial charge in [0.25, 0.3) is 0 Å². The van der Waals surface area contributed by atoms with Gasteiger partial charge in [-0.15, -0.1) is 0 Å². The van der Waals surface area contributed by atoms with E-state index in [1.807, 2.05) is 50.2 Å². The molecule has 0 unspecified atom stereocenters. The molecular formula is C29H31FO7S. The predicted octanol–water partition coefficient (Wildman–Crippen LogP) is 5.45. The number of carboxylic acids is 1. The molecule has 4 rings (SSSR count). The highest BCUT2D eigenvalue weighted by atomic mass is 32.2. The van der Waals surface area contributed by atoms with Crippen molar-refractivity contribution in [2.75, 3.05) is 25.2 Å². The Balaban J connectivity index is 1.44. The molecule has 1 N–H and O–H groups in total. The van der Waals surface area contributed by atoms with Crippen molar-refractivity contribution in [3.8, 4) is 28.4 Å². The summed E-state index contributed by atoms with van der Waals surface area (Å²) in [6.45, 7) is 4.57. The molecule has 9 heteroatoms. The van der Waals surface area contributed by atoms with Crippen LogP contribution in [0.1, 0.15) is 41.0 Å². The maximum Gasteiger partial charge on any atom is 0.304 e. The first-order chi connectivity index (χ1) is 18.0. The van der Waals surface area contributed by atoms with Crippen LogP contribution < -0.4 is 14.2 Å². The van der Waals surface area contributed by atoms with Crippen LogP contribution in [0.25, 0.3) is 11.1 Å². The number of aliphatic carboxylic acids is 1. The minimum Gasteiger partial charge on any atom is -0.494 e. The molecule has 1 aliphatic heterocycles. The van der Waals surface area contributed by atoms with E-state index in [1.54, 1.807) is 6.07 Å². The monoisotopic (exact) mass is 542 g/mol. The van der Waals surface area contributed by atoms with Crippen molar-refractivity contribution in [1.82, 2.24) is 0 Å². The van der Waals surface area contributed by atoms with Gasteiger partial charge >= 0.3 is 5.97 Å². The lowest BCUT2D eigenvalue weighted by molar-refractivity contribution is -0.137. The second-order valence-electron chi connectivity index (χ2n) is 9.68. The summed E-state index contributed by atoms with van der Waals surface area (Å²) in [6, 6.07) is 14.6. The van der Waals surface area contributed by atoms with Crippen LogP contribution in [-0.2, 0) is 21.2 Å². The first kappa shape index (κ1) is 27.4. The molecule has 38 heavy (non-hydrogen) atoms. The van der Waals surface area contributed by atoms with E-state index in [1.165, 1.54) is 12.3 Å². The number of hydrogen-bond donors (Lipinski definition) is 1. The van der Waals surface area contributed by atoms with Crippen LogP contribution in [-0.4, -0.2) is 44.7 Å². The van der Waals surface area contributed by atoms with Crippen LogP contribution in [0.3, 0.4) is 0 Å². The number of halogens is 1. The summed E-state index contributed by atoms with van der Waals surface area (Å²) in [5.41, 5.74) is 4.92. The van der Waals surface area contributed by atoms with Gasteiger partial charge in [-0.1, -0.05) is 12.1 Å². The fourth-order valence-electron chi connectivity index (χ4n) is 4.77. The van der Waals surface area contributed by atoms with E-state index in [4.69, 9.17) is 19.3 Å². The maximum atomic E-state index is 14.8. The number of rotatable bonds is 11. The molecule has 3 aromatic rings. The summed E-state index contributed by atoms with van der Waals surface area (Å²) in [7, 11) is -3.01. The third kappa shape index (κ3) is 6.83. The maximum absolute atomic E-state index is 14.8. The van der Waals surface area contributed by atoms with Gasteiger partial charge in [-0.05, 0) is 84.5 Å². The molecule has 0 amide bonds. The number of carboxylic acid groups (broad SMARTS) is 1. The van der Waals surface area contributed by atoms with Crippen molar-refractivity contribution in [3.63, 3.8) is 0 Å². The zero-order valence-corrected chi connectivity index (χ0v) is 22.4. The van der Waals surface area contributed by atoms with Gasteiger partial charge in [0, 0.05) is 17.7 Å². The van der Waals surface area contributed by atoms with Gasteiger partial charge in [0.2, 0.25) is 0 Å². The molecule has 7 nitrogen and oxygen atoms in total. The lowest BCUT2D eigenvalue weighted by atomic mass is 9.95. The summed E-state index contributed by atoms with van der Waals surface area (Å²) in [5.74, 6) is -0.201. The molecule has 1 atom stereocenters. The summed E-state index contributed by atoms with van der Waals surface area (Å²) in [6.07, 6.45) is 1.47. The zero-order valence-electron chi connectivity index (χ0n) is 21.6. The van der Waals surface area contributed by atoms with E-state index < -0.39 is 27.5 Å². The molecule has 0 saturated heterocycles. The van der Waals surface area contributed by atoms with Crippen molar-refractivity contribution < 1.29 is 36.9 Å². The number of fused-ring (bicyclic) bond motifs is 1. The fourth-order valence-corrected chi connectivity index (χ4v) is 5.41. The number of hydrogen-bond acceptors (Lipinski definition) is 6. The summed E-state index contributed by atoms with van der Waals surface area (Å²) < 4.78 is 54.7. The summed E-state index contributed by atoms with van der Waals surface area (Å²) in [5, 5.41) is 9.05. The summed E-state index contributed by atoms with van der Waals surface area (Å²) in [4.78, 5) is 11.1. The summed E-state index contributed by atoms with van der Waals surface area (Å²) >= 11 is 0. The van der Waals surface area contributed by atoms with Crippen molar-refractivity contribution in [3.05, 3.63) is 76.6 Å². The Bertz CT molecular complexity index is 1430. The minimum atomic E-state index is -3.01. The van der Waals surface area contributed by atoms with E-state index >= 15 is 0 Å². The largest absolute Gasteiger partial charge is 0.494 e. The molecular weight excluding hydrogens is 511 g/mol. The van der Waals surface area contributed by atoms with Crippen molar-refractivity contribution in [2.45, 2.75) is 39.2 Å². The average molecular weight is 543 g/mol. The highest BCUT2D eigenvalue weighted by Crippen LogP contribution is 2.39. The van der Waals surface area contributed by atoms with Gasteiger partial charge in [0.1, 0.15) is 39.5 Å². The Hall–Kier alpha value is -3.59. The van der Waals surface area contributed by atoms with Gasteiger partial charge in [-0.3, -0.25) is 4.79 Å². The molecule has 1 aliphatic rings. The van der Waals surface area contributed by atoms with Crippen LogP contribution in [0.15, 0.2) is 48.5 Å². The van der Waals surface area contributed by atoms with Gasteiger partial charge in [0.05, 0.1) is 25.4 Å². The van der Waals surface area contributed by atoms with Gasteiger partial charge < -0.3 is 19.3 Å². The molecule has 0 fully saturated rings. The van der Waals surface area contributed by atoms with E-state index in [0.29, 0.717) is 41.4 Å². The lowest BCUT2D eigenvalue weighted by Crippen LogP contribution is -2.08. The second-order valence-corrected chi connectivity index (χ2v) is 11.9. The fraction of sp³-hybridized carbons (Fsp3) is 0.345. The molecule has 0 aliphatic carbocycles. The smallest absolute Gasteiger partial charge is 0.304 e. The molecule has 1 heterocycles. The average Bonchev–Trinajstić information content (AvgIpc) is 3.22. The second kappa shape index (κ2) is 11.4. The quantitative estimate of drug-likeness (QED) is 0.322. The zero-order chi connectivity index (χ0) is 27.4. The minimum absolute atomic E-state index is 0.0895. The molecule has 202 valence electrons. The van der Waals surface area contributed by atoms with Crippen molar-refractivity contribution in [1.29, 1.82) is 0 Å². The Morgan fingerprint density at radius 2 is 1.82 bits per heavy atom. The van der Waals surface area contributed by atoms with Gasteiger partial charge in [0.15, 0.2) is 0 Å². The molecule has 0 spiro atoms. The van der Waals surface area contributed by atoms with Crippen molar-refractivity contribution in [2.24, 2.45) is 0 Å². The topological polar surface area (TPSA) is 99.1 Å². The Labute approximate surface area is 222 Å². The number of carbonyl (C=O) groups is 1. The van der Waals surface area contributed by atoms with Crippen LogP contribution >= 0.6 is 0 Å². The van der Waals surface area contributed by atoms with E-state index in [2.05, 4.69) is 0 Å². The molecule has 0 bridgehead atoms. The first-order valence-electron chi connectivity index (χ1n) is 12.3. The molecule has 0 radical (unpaired) electrons. The number of sulfone groups is 1. The third-order valence-electron chi connectivity index (χ3n) is 6.38. The van der Waals surface area contributed by atoms with Gasteiger partial charge in [-0.25, -0.2) is 12.8 Å². The number of ether oxygens (including phenoxy) is 3. The van der Waals surface area contributed by atoms with E-state index in [-0.39, 0.29) is 25.4 Å². The Kier molecular flexibility index (Phi) is 8.26. The normalized spacial score (nSPS) is 14.6. The standard InChI is InChI=1S/C29H31FO7S/c1-18-10-24(35-8-5-9-38(3,33)34)11-19(2)28(18)21-6-4-7-23(14-21)36-16-20-12-25(30)29-22(15-27(31)32)17-37-26(29)13-20/h4,6-7,10-14,22H,5,8-9,15-17H2,1-3H3,(H,31,32)/t22-/m1/s1. The van der Waals surface area contributed by atoms with Crippen molar-refractivity contribution >= 4 is 15.8 Å². The molecule has 0 saturated carbocycles. The SMILES string of the molecule is Cc1cc(OCCCS(C)(=O)=O)cc(C)c1-c1cccc(OCc2cc(F)c3c(c2)OC[C@H]3CC(=O)O)c1. The molecule has 3 aromatic carbocycles. The first-order valence-corrected chi connectivity index (χ1v) is 14.4. The highest BCUT2D eigenvalue weighted by Gasteiger charge is 2.30. The van der Waals surface area contributed by atoms with Crippen LogP contribution in [0.2, 0.25) is 0 Å². The van der Waals surface area contributed by atoms with Crippen LogP contribution in [0, 0.1) is 19.7 Å². The number of benzene rings is 3. The Morgan fingerprint density at radius 3 is 2.50 bits per heavy atom. The highest BCUT2D eigenvalue weighted by molar-refractivity contribution is 7.90. The van der Waals surface area contributed by atoms with E-state index in [0.717, 1.165) is 22.3 Å². The Morgan fingerprint density at radius 1 is 1.08 bits per heavy atom. The number of aryl methyl sites for hydroxylation is 2. The van der Waals surface area contributed by atoms with Gasteiger partial charge in [-0.2, -0.15) is 0 Å². The predicted molar refractivity (Wildman–Crippen MR) is 142 cm³/mol. The molecule has 0 aromatic heterocycles. The third-order valence-corrected chi connectivity index (χ3v) is 7.41. The van der Waals surface area contributed by atoms with E-state index in [9.17, 15) is 17.6 Å².